The Bertz CT molecular complexity index is 526. The van der Waals surface area contributed by atoms with E-state index in [0.29, 0.717) is 6.54 Å². The molecule has 2 aromatic heterocycles. The highest BCUT2D eigenvalue weighted by atomic mass is 16.3. The van der Waals surface area contributed by atoms with E-state index in [1.165, 1.54) is 0 Å². The van der Waals surface area contributed by atoms with Crippen molar-refractivity contribution in [1.82, 2.24) is 20.5 Å². The molecule has 0 bridgehead atoms. The average Bonchev–Trinajstić information content (AvgIpc) is 2.95. The highest BCUT2D eigenvalue weighted by Gasteiger charge is 2.21. The summed E-state index contributed by atoms with van der Waals surface area (Å²) in [6, 6.07) is 3.92. The van der Waals surface area contributed by atoms with Gasteiger partial charge in [0, 0.05) is 42.2 Å². The van der Waals surface area contributed by atoms with Crippen molar-refractivity contribution >= 4 is 0 Å². The van der Waals surface area contributed by atoms with Crippen LogP contribution in [0.4, 0.5) is 0 Å². The minimum atomic E-state index is -0.0573. The molecule has 0 aliphatic rings. The van der Waals surface area contributed by atoms with Gasteiger partial charge in [-0.2, -0.15) is 5.10 Å². The Hall–Kier alpha value is -1.72. The van der Waals surface area contributed by atoms with Crippen LogP contribution in [0.25, 0.3) is 11.3 Å². The smallest absolute Gasteiger partial charge is 0.0710 e. The zero-order valence-corrected chi connectivity index (χ0v) is 12.1. The molecule has 2 heterocycles. The fourth-order valence-corrected chi connectivity index (χ4v) is 2.15. The molecule has 0 aliphatic carbocycles. The van der Waals surface area contributed by atoms with Crippen molar-refractivity contribution < 1.29 is 5.11 Å². The van der Waals surface area contributed by atoms with Gasteiger partial charge in [0.15, 0.2) is 0 Å². The lowest BCUT2D eigenvalue weighted by atomic mass is 9.94. The molecule has 0 radical (unpaired) electrons. The first-order valence-corrected chi connectivity index (χ1v) is 6.97. The molecule has 0 saturated heterocycles. The molecule has 2 rings (SSSR count). The van der Waals surface area contributed by atoms with Gasteiger partial charge in [-0.3, -0.25) is 10.1 Å². The molecule has 2 aromatic rings. The van der Waals surface area contributed by atoms with Gasteiger partial charge in [-0.05, 0) is 31.9 Å². The zero-order chi connectivity index (χ0) is 14.4. The van der Waals surface area contributed by atoms with E-state index in [9.17, 15) is 0 Å². The van der Waals surface area contributed by atoms with Crippen LogP contribution < -0.4 is 5.32 Å². The topological polar surface area (TPSA) is 73.8 Å². The van der Waals surface area contributed by atoms with Gasteiger partial charge < -0.3 is 10.4 Å². The lowest BCUT2D eigenvalue weighted by molar-refractivity contribution is 0.214. The molecule has 0 spiro atoms. The molecule has 1 atom stereocenters. The Morgan fingerprint density at radius 1 is 1.40 bits per heavy atom. The molecule has 0 aromatic carbocycles. The van der Waals surface area contributed by atoms with Crippen LogP contribution in [0.15, 0.2) is 30.7 Å². The number of aliphatic hydroxyl groups is 1. The molecular weight excluding hydrogens is 252 g/mol. The third-order valence-electron chi connectivity index (χ3n) is 3.82. The Balaban J connectivity index is 2.10. The van der Waals surface area contributed by atoms with Gasteiger partial charge in [0.05, 0.1) is 11.9 Å². The van der Waals surface area contributed by atoms with Gasteiger partial charge in [0.2, 0.25) is 0 Å². The van der Waals surface area contributed by atoms with Crippen LogP contribution in [0.5, 0.6) is 0 Å². The molecule has 3 N–H and O–H groups in total. The van der Waals surface area contributed by atoms with E-state index >= 15 is 0 Å². The highest BCUT2D eigenvalue weighted by molar-refractivity contribution is 5.61. The van der Waals surface area contributed by atoms with Crippen molar-refractivity contribution in [3.8, 4) is 11.3 Å². The number of aromatic amines is 1. The van der Waals surface area contributed by atoms with E-state index in [-0.39, 0.29) is 12.1 Å². The van der Waals surface area contributed by atoms with Gasteiger partial charge in [-0.1, -0.05) is 6.92 Å². The van der Waals surface area contributed by atoms with Crippen molar-refractivity contribution in [1.29, 1.82) is 0 Å². The zero-order valence-electron chi connectivity index (χ0n) is 12.1. The lowest BCUT2D eigenvalue weighted by Crippen LogP contribution is -2.42. The summed E-state index contributed by atoms with van der Waals surface area (Å²) in [4.78, 5) is 4.14. The van der Waals surface area contributed by atoms with Crippen molar-refractivity contribution in [2.75, 3.05) is 6.61 Å². The van der Waals surface area contributed by atoms with Crippen molar-refractivity contribution in [2.45, 2.75) is 38.8 Å². The Labute approximate surface area is 119 Å². The Kier molecular flexibility index (Phi) is 4.87. The van der Waals surface area contributed by atoms with Gasteiger partial charge in [-0.25, -0.2) is 0 Å². The fourth-order valence-electron chi connectivity index (χ4n) is 2.15. The molecule has 5 nitrogen and oxygen atoms in total. The SMILES string of the molecule is CCC(C)(CCO)NCc1cn[nH]c1-c1cccnc1. The van der Waals surface area contributed by atoms with E-state index in [0.717, 1.165) is 29.7 Å². The molecule has 1 unspecified atom stereocenters. The predicted molar refractivity (Wildman–Crippen MR) is 79.1 cm³/mol. The summed E-state index contributed by atoms with van der Waals surface area (Å²) in [5, 5.41) is 19.8. The maximum atomic E-state index is 9.16. The maximum Gasteiger partial charge on any atom is 0.0710 e. The summed E-state index contributed by atoms with van der Waals surface area (Å²) in [6.45, 7) is 5.16. The third-order valence-corrected chi connectivity index (χ3v) is 3.82. The summed E-state index contributed by atoms with van der Waals surface area (Å²) >= 11 is 0. The van der Waals surface area contributed by atoms with E-state index < -0.39 is 0 Å². The van der Waals surface area contributed by atoms with E-state index in [2.05, 4.69) is 34.3 Å². The molecule has 5 heteroatoms. The maximum absolute atomic E-state index is 9.16. The second-order valence-corrected chi connectivity index (χ2v) is 5.25. The van der Waals surface area contributed by atoms with Crippen LogP contribution in [0.2, 0.25) is 0 Å². The molecular formula is C15H22N4O. The largest absolute Gasteiger partial charge is 0.396 e. The minimum absolute atomic E-state index is 0.0573. The third kappa shape index (κ3) is 3.43. The first kappa shape index (κ1) is 14.7. The number of aromatic nitrogens is 3. The molecule has 20 heavy (non-hydrogen) atoms. The van der Waals surface area contributed by atoms with Crippen molar-refractivity contribution in [3.63, 3.8) is 0 Å². The number of H-pyrrole nitrogens is 1. The molecule has 108 valence electrons. The Morgan fingerprint density at radius 2 is 2.25 bits per heavy atom. The van der Waals surface area contributed by atoms with Gasteiger partial charge in [0.25, 0.3) is 0 Å². The number of hydrogen-bond acceptors (Lipinski definition) is 4. The lowest BCUT2D eigenvalue weighted by Gasteiger charge is -2.29. The second-order valence-electron chi connectivity index (χ2n) is 5.25. The van der Waals surface area contributed by atoms with Crippen molar-refractivity contribution in [2.24, 2.45) is 0 Å². The van der Waals surface area contributed by atoms with Gasteiger partial charge in [0.1, 0.15) is 0 Å². The number of aliphatic hydroxyl groups excluding tert-OH is 1. The van der Waals surface area contributed by atoms with Crippen LogP contribution >= 0.6 is 0 Å². The number of nitrogens with zero attached hydrogens (tertiary/aromatic N) is 2. The fraction of sp³-hybridized carbons (Fsp3) is 0.467. The molecule has 0 fully saturated rings. The van der Waals surface area contributed by atoms with Crippen LogP contribution in [0, 0.1) is 0 Å². The van der Waals surface area contributed by atoms with Crippen LogP contribution in [-0.4, -0.2) is 32.4 Å². The molecule has 0 amide bonds. The number of hydrogen-bond donors (Lipinski definition) is 3. The summed E-state index contributed by atoms with van der Waals surface area (Å²) in [7, 11) is 0. The average molecular weight is 274 g/mol. The Morgan fingerprint density at radius 3 is 2.90 bits per heavy atom. The summed E-state index contributed by atoms with van der Waals surface area (Å²) < 4.78 is 0. The van der Waals surface area contributed by atoms with Crippen LogP contribution in [0.3, 0.4) is 0 Å². The molecule has 0 saturated carbocycles. The normalized spacial score (nSPS) is 14.2. The second kappa shape index (κ2) is 6.63. The quantitative estimate of drug-likeness (QED) is 0.723. The van der Waals surface area contributed by atoms with Crippen LogP contribution in [-0.2, 0) is 6.54 Å². The van der Waals surface area contributed by atoms with E-state index in [1.807, 2.05) is 24.5 Å². The first-order chi connectivity index (χ1) is 9.68. The predicted octanol–water partition coefficient (Wildman–Crippen LogP) is 2.11. The molecule has 0 aliphatic heterocycles. The highest BCUT2D eigenvalue weighted by Crippen LogP contribution is 2.21. The van der Waals surface area contributed by atoms with Gasteiger partial charge in [-0.15, -0.1) is 0 Å². The van der Waals surface area contributed by atoms with Crippen molar-refractivity contribution in [3.05, 3.63) is 36.3 Å². The van der Waals surface area contributed by atoms with Crippen LogP contribution in [0.1, 0.15) is 32.3 Å². The first-order valence-electron chi connectivity index (χ1n) is 6.97. The summed E-state index contributed by atoms with van der Waals surface area (Å²) in [5.74, 6) is 0. The minimum Gasteiger partial charge on any atom is -0.396 e. The standard InChI is InChI=1S/C15H22N4O/c1-3-15(2,6-8-20)17-10-13-11-18-19-14(13)12-5-4-7-16-9-12/h4-5,7,9,11,17,20H,3,6,8,10H2,1-2H3,(H,18,19). The number of pyridine rings is 1. The van der Waals surface area contributed by atoms with E-state index in [1.54, 1.807) is 6.20 Å². The summed E-state index contributed by atoms with van der Waals surface area (Å²) in [6.07, 6.45) is 7.12. The summed E-state index contributed by atoms with van der Waals surface area (Å²) in [5.41, 5.74) is 3.07. The van der Waals surface area contributed by atoms with E-state index in [4.69, 9.17) is 5.11 Å². The number of rotatable bonds is 7. The van der Waals surface area contributed by atoms with Gasteiger partial charge >= 0.3 is 0 Å². The number of nitrogens with one attached hydrogen (secondary N) is 2. The monoisotopic (exact) mass is 274 g/mol.